The fraction of sp³-hybridized carbons (Fsp3) is 0.174. The highest BCUT2D eigenvalue weighted by atomic mass is 32.1. The van der Waals surface area contributed by atoms with E-state index in [-0.39, 0.29) is 11.9 Å². The number of ether oxygens (including phenoxy) is 1. The van der Waals surface area contributed by atoms with Gasteiger partial charge in [0.05, 0.1) is 5.39 Å². The minimum atomic E-state index is -0.262. The molecular weight excluding hydrogens is 396 g/mol. The van der Waals surface area contributed by atoms with Gasteiger partial charge in [-0.3, -0.25) is 4.79 Å². The molecule has 1 aliphatic heterocycles. The summed E-state index contributed by atoms with van der Waals surface area (Å²) >= 11 is 1.58. The van der Waals surface area contributed by atoms with E-state index in [1.807, 2.05) is 66.0 Å². The van der Waals surface area contributed by atoms with Crippen molar-refractivity contribution in [1.29, 1.82) is 0 Å². The molecule has 0 spiro atoms. The second kappa shape index (κ2) is 8.12. The third-order valence-electron chi connectivity index (χ3n) is 5.15. The molecular formula is C23H20N4O2S. The molecule has 6 nitrogen and oxygen atoms in total. The predicted octanol–water partition coefficient (Wildman–Crippen LogP) is 5.09. The van der Waals surface area contributed by atoms with Crippen LogP contribution in [0, 0.1) is 0 Å². The monoisotopic (exact) mass is 416 g/mol. The van der Waals surface area contributed by atoms with Gasteiger partial charge in [0.1, 0.15) is 34.5 Å². The van der Waals surface area contributed by atoms with Gasteiger partial charge >= 0.3 is 0 Å². The third-order valence-corrected chi connectivity index (χ3v) is 5.97. The molecule has 1 amide bonds. The van der Waals surface area contributed by atoms with Crippen molar-refractivity contribution >= 4 is 39.0 Å². The van der Waals surface area contributed by atoms with Crippen molar-refractivity contribution in [2.75, 3.05) is 16.8 Å². The van der Waals surface area contributed by atoms with Crippen LogP contribution in [0.25, 0.3) is 10.2 Å². The lowest BCUT2D eigenvalue weighted by Gasteiger charge is -2.25. The quantitative estimate of drug-likeness (QED) is 0.491. The first-order chi connectivity index (χ1) is 14.8. The molecule has 1 fully saturated rings. The van der Waals surface area contributed by atoms with Crippen LogP contribution in [0.4, 0.5) is 11.5 Å². The fourth-order valence-corrected chi connectivity index (χ4v) is 4.51. The molecule has 0 bridgehead atoms. The van der Waals surface area contributed by atoms with E-state index < -0.39 is 0 Å². The topological polar surface area (TPSA) is 67.3 Å². The predicted molar refractivity (Wildman–Crippen MR) is 119 cm³/mol. The van der Waals surface area contributed by atoms with Crippen molar-refractivity contribution in [1.82, 2.24) is 9.97 Å². The Bertz CT molecular complexity index is 1180. The average molecular weight is 417 g/mol. The van der Waals surface area contributed by atoms with Crippen molar-refractivity contribution in [3.63, 3.8) is 0 Å². The zero-order valence-corrected chi connectivity index (χ0v) is 17.0. The maximum Gasteiger partial charge on any atom is 0.247 e. The van der Waals surface area contributed by atoms with Gasteiger partial charge in [-0.05, 0) is 48.6 Å². The molecule has 0 radical (unpaired) electrons. The number of anilines is 2. The molecule has 7 heteroatoms. The van der Waals surface area contributed by atoms with Crippen LogP contribution in [0.1, 0.15) is 12.8 Å². The number of fused-ring (bicyclic) bond motifs is 1. The second-order valence-electron chi connectivity index (χ2n) is 7.12. The number of thiophene rings is 1. The Morgan fingerprint density at radius 1 is 1.07 bits per heavy atom. The van der Waals surface area contributed by atoms with Crippen molar-refractivity contribution in [3.8, 4) is 11.5 Å². The molecule has 4 aromatic rings. The van der Waals surface area contributed by atoms with Crippen molar-refractivity contribution in [3.05, 3.63) is 72.4 Å². The highest BCUT2D eigenvalue weighted by Crippen LogP contribution is 2.32. The molecule has 0 saturated carbocycles. The number of carbonyl (C=O) groups excluding carboxylic acids is 1. The number of hydrogen-bond donors (Lipinski definition) is 1. The average Bonchev–Trinajstić information content (AvgIpc) is 3.44. The lowest BCUT2D eigenvalue weighted by Crippen LogP contribution is -2.40. The van der Waals surface area contributed by atoms with Gasteiger partial charge in [0.2, 0.25) is 5.91 Å². The summed E-state index contributed by atoms with van der Waals surface area (Å²) in [5.41, 5.74) is 0.712. The molecule has 1 unspecified atom stereocenters. The maximum absolute atomic E-state index is 13.1. The number of rotatable bonds is 5. The summed E-state index contributed by atoms with van der Waals surface area (Å²) in [5.74, 6) is 2.23. The zero-order chi connectivity index (χ0) is 20.3. The Hall–Kier alpha value is -3.45. The summed E-state index contributed by atoms with van der Waals surface area (Å²) in [5, 5.41) is 6.06. The smallest absolute Gasteiger partial charge is 0.247 e. The highest BCUT2D eigenvalue weighted by Gasteiger charge is 2.32. The van der Waals surface area contributed by atoms with Gasteiger partial charge in [-0.2, -0.15) is 0 Å². The Labute approximate surface area is 178 Å². The maximum atomic E-state index is 13.1. The number of carbonyl (C=O) groups is 1. The number of nitrogens with one attached hydrogen (secondary N) is 1. The SMILES string of the molecule is O=C(Nc1cccc(Oc2ccccc2)c1)C1CCCN1c1ncnc2sccc12. The van der Waals surface area contributed by atoms with E-state index in [9.17, 15) is 4.79 Å². The van der Waals surface area contributed by atoms with E-state index in [1.54, 1.807) is 17.7 Å². The molecule has 1 aliphatic rings. The van der Waals surface area contributed by atoms with E-state index >= 15 is 0 Å². The first-order valence-electron chi connectivity index (χ1n) is 9.86. The number of amides is 1. The van der Waals surface area contributed by atoms with Crippen LogP contribution in [0.5, 0.6) is 11.5 Å². The number of nitrogens with zero attached hydrogens (tertiary/aromatic N) is 3. The van der Waals surface area contributed by atoms with Crippen LogP contribution < -0.4 is 15.0 Å². The van der Waals surface area contributed by atoms with Crippen molar-refractivity contribution < 1.29 is 9.53 Å². The van der Waals surface area contributed by atoms with Crippen LogP contribution in [-0.2, 0) is 4.79 Å². The molecule has 0 aliphatic carbocycles. The molecule has 2 aromatic carbocycles. The lowest BCUT2D eigenvalue weighted by molar-refractivity contribution is -0.117. The summed E-state index contributed by atoms with van der Waals surface area (Å²) in [6.07, 6.45) is 3.32. The second-order valence-corrected chi connectivity index (χ2v) is 8.01. The standard InChI is InChI=1S/C23H20N4O2S/c28-22(26-16-6-4-9-18(14-16)29-17-7-2-1-3-8-17)20-10-5-12-27(20)21-19-11-13-30-23(19)25-15-24-21/h1-4,6-9,11,13-15,20H,5,10,12H2,(H,26,28). The van der Waals surface area contributed by atoms with E-state index in [0.717, 1.165) is 41.2 Å². The largest absolute Gasteiger partial charge is 0.457 e. The summed E-state index contributed by atoms with van der Waals surface area (Å²) in [4.78, 5) is 24.9. The van der Waals surface area contributed by atoms with Gasteiger partial charge in [-0.15, -0.1) is 11.3 Å². The molecule has 150 valence electrons. The number of hydrogen-bond acceptors (Lipinski definition) is 6. The summed E-state index contributed by atoms with van der Waals surface area (Å²) < 4.78 is 5.88. The Kier molecular flexibility index (Phi) is 5.03. The van der Waals surface area contributed by atoms with Crippen molar-refractivity contribution in [2.45, 2.75) is 18.9 Å². The number of benzene rings is 2. The first-order valence-corrected chi connectivity index (χ1v) is 10.7. The summed E-state index contributed by atoms with van der Waals surface area (Å²) in [7, 11) is 0. The lowest BCUT2D eigenvalue weighted by atomic mass is 10.2. The van der Waals surface area contributed by atoms with Crippen LogP contribution in [0.3, 0.4) is 0 Å². The third kappa shape index (κ3) is 3.71. The molecule has 1 saturated heterocycles. The van der Waals surface area contributed by atoms with Crippen LogP contribution in [0.15, 0.2) is 72.4 Å². The normalized spacial score (nSPS) is 16.0. The van der Waals surface area contributed by atoms with Gasteiger partial charge < -0.3 is 15.0 Å². The summed E-state index contributed by atoms with van der Waals surface area (Å²) in [6.45, 7) is 0.803. The van der Waals surface area contributed by atoms with Gasteiger partial charge in [0.25, 0.3) is 0 Å². The van der Waals surface area contributed by atoms with Gasteiger partial charge in [-0.1, -0.05) is 24.3 Å². The number of aromatic nitrogens is 2. The summed E-state index contributed by atoms with van der Waals surface area (Å²) in [6, 6.07) is 18.8. The zero-order valence-electron chi connectivity index (χ0n) is 16.2. The first kappa shape index (κ1) is 18.6. The van der Waals surface area contributed by atoms with E-state index in [4.69, 9.17) is 4.74 Å². The van der Waals surface area contributed by atoms with Crippen LogP contribution in [0.2, 0.25) is 0 Å². The number of para-hydroxylation sites is 1. The van der Waals surface area contributed by atoms with E-state index in [1.165, 1.54) is 0 Å². The fourth-order valence-electron chi connectivity index (χ4n) is 3.79. The Morgan fingerprint density at radius 2 is 1.93 bits per heavy atom. The molecule has 3 heterocycles. The molecule has 30 heavy (non-hydrogen) atoms. The van der Waals surface area contributed by atoms with Crippen molar-refractivity contribution in [2.24, 2.45) is 0 Å². The van der Waals surface area contributed by atoms with Crippen LogP contribution >= 0.6 is 11.3 Å². The highest BCUT2D eigenvalue weighted by molar-refractivity contribution is 7.16. The molecule has 2 aromatic heterocycles. The molecule has 5 rings (SSSR count). The minimum absolute atomic E-state index is 0.0358. The molecule has 1 N–H and O–H groups in total. The van der Waals surface area contributed by atoms with Gasteiger partial charge in [-0.25, -0.2) is 9.97 Å². The van der Waals surface area contributed by atoms with E-state index in [2.05, 4.69) is 20.2 Å². The Morgan fingerprint density at radius 3 is 2.83 bits per heavy atom. The van der Waals surface area contributed by atoms with Gasteiger partial charge in [0.15, 0.2) is 0 Å². The Balaban J connectivity index is 1.34. The minimum Gasteiger partial charge on any atom is -0.457 e. The molecule has 1 atom stereocenters. The van der Waals surface area contributed by atoms with Gasteiger partial charge in [0, 0.05) is 18.3 Å². The van der Waals surface area contributed by atoms with Crippen LogP contribution in [-0.4, -0.2) is 28.5 Å². The van der Waals surface area contributed by atoms with E-state index in [0.29, 0.717) is 11.4 Å².